The van der Waals surface area contributed by atoms with E-state index in [-0.39, 0.29) is 17.1 Å². The zero-order chi connectivity index (χ0) is 15.1. The standard InChI is InChI=1S/C12H12BO3.C5H5.Fe/c14-12(9-5-2-1-3-6-9)10-7-4-8-11(10)13(15)16;1-2-4-5-3-1;/h1-8,12,14-16H;1-5H;. The maximum atomic E-state index is 10.1. The van der Waals surface area contributed by atoms with E-state index >= 15 is 0 Å². The predicted octanol–water partition coefficient (Wildman–Crippen LogP) is 1.53. The molecular formula is C17H17BFeO3. The second kappa shape index (κ2) is 10.5. The molecular weight excluding hydrogens is 319 g/mol. The molecule has 0 spiro atoms. The first kappa shape index (κ1) is 19.7. The van der Waals surface area contributed by atoms with Gasteiger partial charge in [-0.05, 0) is 56.9 Å². The van der Waals surface area contributed by atoms with E-state index in [2.05, 4.69) is 0 Å². The summed E-state index contributed by atoms with van der Waals surface area (Å²) in [5, 5.41) is 28.4. The molecule has 1 unspecified atom stereocenters. The minimum atomic E-state index is -1.55. The molecule has 1 atom stereocenters. The van der Waals surface area contributed by atoms with Crippen molar-refractivity contribution in [3.8, 4) is 0 Å². The summed E-state index contributed by atoms with van der Waals surface area (Å²) < 4.78 is 0. The molecule has 3 nitrogen and oxygen atoms in total. The Hall–Kier alpha value is -0.316. The smallest absolute Gasteiger partial charge is 0.427 e. The molecule has 2 fully saturated rings. The molecule has 0 amide bonds. The summed E-state index contributed by atoms with van der Waals surface area (Å²) in [7, 11) is -1.55. The number of hydrogen-bond donors (Lipinski definition) is 3. The van der Waals surface area contributed by atoms with E-state index in [0.29, 0.717) is 11.7 Å². The van der Waals surface area contributed by atoms with Crippen molar-refractivity contribution >= 4 is 7.12 Å². The largest absolute Gasteiger partial charge is 0.459 e. The molecule has 2 aliphatic rings. The molecule has 3 N–H and O–H groups in total. The van der Waals surface area contributed by atoms with E-state index in [1.807, 2.05) is 50.3 Å². The van der Waals surface area contributed by atoms with E-state index in [1.165, 1.54) is 0 Å². The average Bonchev–Trinajstić information content (AvgIpc) is 3.21. The average molecular weight is 336 g/mol. The number of aliphatic hydroxyl groups is 1. The molecule has 2 saturated carbocycles. The van der Waals surface area contributed by atoms with Crippen molar-refractivity contribution in [2.45, 2.75) is 6.10 Å². The zero-order valence-electron chi connectivity index (χ0n) is 11.9. The number of rotatable bonds is 3. The van der Waals surface area contributed by atoms with Crippen LogP contribution in [-0.2, 0) is 17.1 Å². The molecule has 0 saturated heterocycles. The maximum Gasteiger partial charge on any atom is 0.459 e. The summed E-state index contributed by atoms with van der Waals surface area (Å²) in [5.41, 5.74) is 0.732. The fourth-order valence-electron chi connectivity index (χ4n) is 2.07. The normalized spacial score (nSPS) is 20.0. The molecule has 0 bridgehead atoms. The first-order valence-electron chi connectivity index (χ1n) is 6.71. The Morgan fingerprint density at radius 3 is 1.82 bits per heavy atom. The second-order valence-electron chi connectivity index (χ2n) is 4.59. The molecule has 1 aromatic carbocycles. The molecule has 0 aromatic heterocycles. The van der Waals surface area contributed by atoms with Crippen molar-refractivity contribution < 1.29 is 32.2 Å². The van der Waals surface area contributed by atoms with E-state index in [1.54, 1.807) is 31.4 Å². The van der Waals surface area contributed by atoms with Gasteiger partial charge in [-0.1, -0.05) is 30.3 Å². The summed E-state index contributed by atoms with van der Waals surface area (Å²) in [4.78, 5) is 0. The number of hydrogen-bond acceptors (Lipinski definition) is 3. The zero-order valence-corrected chi connectivity index (χ0v) is 13.0. The van der Waals surface area contributed by atoms with Crippen LogP contribution in [0.4, 0.5) is 0 Å². The van der Waals surface area contributed by atoms with Crippen LogP contribution in [0.15, 0.2) is 30.3 Å². The fourth-order valence-corrected chi connectivity index (χ4v) is 2.07. The molecule has 2 aliphatic carbocycles. The molecule has 5 heteroatoms. The third kappa shape index (κ3) is 5.71. The van der Waals surface area contributed by atoms with Gasteiger partial charge < -0.3 is 15.2 Å². The molecule has 114 valence electrons. The first-order valence-corrected chi connectivity index (χ1v) is 6.71. The molecule has 22 heavy (non-hydrogen) atoms. The summed E-state index contributed by atoms with van der Waals surface area (Å²) in [6.45, 7) is 0. The van der Waals surface area contributed by atoms with Gasteiger partial charge in [0.05, 0.1) is 6.10 Å². The van der Waals surface area contributed by atoms with Gasteiger partial charge in [-0.2, -0.15) is 0 Å². The molecule has 1 aromatic rings. The van der Waals surface area contributed by atoms with Gasteiger partial charge >= 0.3 is 7.12 Å². The Morgan fingerprint density at radius 1 is 0.773 bits per heavy atom. The van der Waals surface area contributed by atoms with Gasteiger partial charge in [-0.3, -0.25) is 0 Å². The van der Waals surface area contributed by atoms with Crippen molar-refractivity contribution in [2.24, 2.45) is 0 Å². The van der Waals surface area contributed by atoms with Gasteiger partial charge in [0, 0.05) is 28.8 Å². The second-order valence-corrected chi connectivity index (χ2v) is 4.59. The van der Waals surface area contributed by atoms with Crippen LogP contribution in [0.2, 0.25) is 0 Å². The van der Waals surface area contributed by atoms with Crippen molar-refractivity contribution in [1.29, 1.82) is 0 Å². The van der Waals surface area contributed by atoms with Crippen LogP contribution in [0.3, 0.4) is 0 Å². The summed E-state index contributed by atoms with van der Waals surface area (Å²) >= 11 is 0. The van der Waals surface area contributed by atoms with E-state index < -0.39 is 13.2 Å². The van der Waals surface area contributed by atoms with E-state index in [4.69, 9.17) is 10.0 Å². The van der Waals surface area contributed by atoms with Gasteiger partial charge in [0.1, 0.15) is 0 Å². The number of benzene rings is 1. The van der Waals surface area contributed by atoms with Gasteiger partial charge in [0.15, 0.2) is 0 Å². The molecule has 0 aliphatic heterocycles. The maximum absolute atomic E-state index is 10.1. The van der Waals surface area contributed by atoms with Crippen molar-refractivity contribution in [2.75, 3.05) is 0 Å². The third-order valence-corrected chi connectivity index (χ3v) is 3.13. The minimum absolute atomic E-state index is 0. The first-order chi connectivity index (χ1) is 10.2. The Morgan fingerprint density at radius 2 is 1.32 bits per heavy atom. The van der Waals surface area contributed by atoms with Crippen LogP contribution < -0.4 is 0 Å². The van der Waals surface area contributed by atoms with Gasteiger partial charge in [-0.15, -0.1) is 0 Å². The number of aliphatic hydroxyl groups excluding tert-OH is 1. The monoisotopic (exact) mass is 336 g/mol. The van der Waals surface area contributed by atoms with E-state index in [0.717, 1.165) is 5.56 Å². The topological polar surface area (TPSA) is 60.7 Å². The summed E-state index contributed by atoms with van der Waals surface area (Å²) in [6.07, 6.45) is 14.1. The molecule has 3 rings (SSSR count). The van der Waals surface area contributed by atoms with Crippen LogP contribution in [-0.4, -0.2) is 22.3 Å². The third-order valence-electron chi connectivity index (χ3n) is 3.13. The van der Waals surface area contributed by atoms with Crippen LogP contribution in [0.25, 0.3) is 0 Å². The van der Waals surface area contributed by atoms with Gasteiger partial charge in [0.25, 0.3) is 0 Å². The fraction of sp³-hybridized carbons (Fsp3) is 0.0588. The minimum Gasteiger partial charge on any atom is -0.427 e. The van der Waals surface area contributed by atoms with Crippen molar-refractivity contribution in [3.63, 3.8) is 0 Å². The van der Waals surface area contributed by atoms with Crippen LogP contribution in [0.5, 0.6) is 0 Å². The Bertz CT molecular complexity index is 391. The quantitative estimate of drug-likeness (QED) is 0.734. The van der Waals surface area contributed by atoms with Crippen molar-refractivity contribution in [1.82, 2.24) is 0 Å². The van der Waals surface area contributed by atoms with Crippen LogP contribution in [0, 0.1) is 63.1 Å². The Kier molecular flexibility index (Phi) is 9.38. The van der Waals surface area contributed by atoms with Gasteiger partial charge in [-0.25, -0.2) is 0 Å². The summed E-state index contributed by atoms with van der Waals surface area (Å²) in [5.74, 6) is 0.873. The van der Waals surface area contributed by atoms with Crippen LogP contribution >= 0.6 is 0 Å². The SMILES string of the molecule is OB(O)[C]1[CH][CH][CH][C]1C(O)c1ccccc1.[CH]1[CH][CH][CH][CH]1.[Fe]. The van der Waals surface area contributed by atoms with Crippen LogP contribution in [0.1, 0.15) is 11.7 Å². The Labute approximate surface area is 144 Å². The summed E-state index contributed by atoms with van der Waals surface area (Å²) in [6, 6.07) is 9.12. The predicted molar refractivity (Wildman–Crippen MR) is 82.5 cm³/mol. The molecule has 10 radical (unpaired) electrons. The Balaban J connectivity index is 0.000000344. The molecule has 0 heterocycles. The van der Waals surface area contributed by atoms with Gasteiger partial charge in [0.2, 0.25) is 0 Å². The van der Waals surface area contributed by atoms with E-state index in [9.17, 15) is 5.11 Å². The van der Waals surface area contributed by atoms with Crippen molar-refractivity contribution in [3.05, 3.63) is 99.0 Å².